The van der Waals surface area contributed by atoms with E-state index >= 15 is 0 Å². The summed E-state index contributed by atoms with van der Waals surface area (Å²) in [6.07, 6.45) is 0. The van der Waals surface area contributed by atoms with Crippen LogP contribution in [0.1, 0.15) is 33.3 Å². The van der Waals surface area contributed by atoms with E-state index in [1.165, 1.54) is 0 Å². The number of ether oxygens (including phenoxy) is 1. The summed E-state index contributed by atoms with van der Waals surface area (Å²) in [4.78, 5) is 11.3. The predicted molar refractivity (Wildman–Crippen MR) is 80.2 cm³/mol. The van der Waals surface area contributed by atoms with Gasteiger partial charge in [0.05, 0.1) is 5.41 Å². The number of carboxylic acid groups (broad SMARTS) is 1. The van der Waals surface area contributed by atoms with E-state index in [2.05, 4.69) is 5.32 Å². The molecule has 0 saturated carbocycles. The second-order valence-corrected chi connectivity index (χ2v) is 6.10. The maximum absolute atomic E-state index is 11.3. The lowest BCUT2D eigenvalue weighted by atomic mass is 9.74. The van der Waals surface area contributed by atoms with Gasteiger partial charge in [-0.15, -0.1) is 0 Å². The molecule has 4 nitrogen and oxygen atoms in total. The molecule has 0 atom stereocenters. The molecule has 0 aliphatic carbocycles. The van der Waals surface area contributed by atoms with Crippen molar-refractivity contribution in [2.75, 3.05) is 13.2 Å². The summed E-state index contributed by atoms with van der Waals surface area (Å²) in [5.41, 5.74) is -0.276. The fourth-order valence-electron chi connectivity index (χ4n) is 1.73. The normalized spacial score (nSPS) is 12.2. The highest BCUT2D eigenvalue weighted by molar-refractivity contribution is 5.75. The Hall–Kier alpha value is -1.55. The number of aryl methyl sites for hydroxylation is 1. The van der Waals surface area contributed by atoms with E-state index < -0.39 is 16.9 Å². The first-order valence-corrected chi connectivity index (χ1v) is 6.85. The van der Waals surface area contributed by atoms with Crippen LogP contribution in [-0.4, -0.2) is 29.8 Å². The van der Waals surface area contributed by atoms with Crippen molar-refractivity contribution in [2.24, 2.45) is 5.41 Å². The van der Waals surface area contributed by atoms with Crippen LogP contribution in [0.15, 0.2) is 24.3 Å². The van der Waals surface area contributed by atoms with Gasteiger partial charge in [-0.05, 0) is 46.2 Å². The SMILES string of the molecule is Cc1ccccc1OCCNC(C)(C)C(C)(C)C(=O)O. The molecule has 0 aliphatic rings. The van der Waals surface area contributed by atoms with Gasteiger partial charge in [-0.3, -0.25) is 4.79 Å². The molecule has 0 aromatic heterocycles. The van der Waals surface area contributed by atoms with Gasteiger partial charge >= 0.3 is 5.97 Å². The molecule has 0 unspecified atom stereocenters. The Labute approximate surface area is 121 Å². The van der Waals surface area contributed by atoms with Crippen LogP contribution in [0.2, 0.25) is 0 Å². The van der Waals surface area contributed by atoms with Gasteiger partial charge in [0, 0.05) is 12.1 Å². The highest BCUT2D eigenvalue weighted by atomic mass is 16.5. The van der Waals surface area contributed by atoms with Gasteiger partial charge < -0.3 is 15.2 Å². The average Bonchev–Trinajstić information content (AvgIpc) is 2.36. The van der Waals surface area contributed by atoms with E-state index in [-0.39, 0.29) is 0 Å². The molecule has 0 heterocycles. The Bertz CT molecular complexity index is 467. The van der Waals surface area contributed by atoms with Gasteiger partial charge in [0.2, 0.25) is 0 Å². The second-order valence-electron chi connectivity index (χ2n) is 6.10. The summed E-state index contributed by atoms with van der Waals surface area (Å²) in [6.45, 7) is 10.3. The van der Waals surface area contributed by atoms with Crippen LogP contribution >= 0.6 is 0 Å². The zero-order valence-electron chi connectivity index (χ0n) is 13.0. The molecule has 1 aromatic rings. The molecule has 2 N–H and O–H groups in total. The predicted octanol–water partition coefficient (Wildman–Crippen LogP) is 2.85. The molecule has 0 amide bonds. The van der Waals surface area contributed by atoms with Gasteiger partial charge in [0.25, 0.3) is 0 Å². The molecule has 0 aliphatic heterocycles. The maximum atomic E-state index is 11.3. The topological polar surface area (TPSA) is 58.6 Å². The molecule has 0 spiro atoms. The minimum Gasteiger partial charge on any atom is -0.492 e. The molecule has 20 heavy (non-hydrogen) atoms. The fourth-order valence-corrected chi connectivity index (χ4v) is 1.73. The molecule has 0 saturated heterocycles. The van der Waals surface area contributed by atoms with Crippen molar-refractivity contribution in [3.63, 3.8) is 0 Å². The fraction of sp³-hybridized carbons (Fsp3) is 0.562. The van der Waals surface area contributed by atoms with Gasteiger partial charge in [0.1, 0.15) is 12.4 Å². The summed E-state index contributed by atoms with van der Waals surface area (Å²) in [7, 11) is 0. The number of rotatable bonds is 7. The Balaban J connectivity index is 2.49. The molecule has 0 fully saturated rings. The van der Waals surface area contributed by atoms with Crippen molar-refractivity contribution in [1.82, 2.24) is 5.32 Å². The monoisotopic (exact) mass is 279 g/mol. The van der Waals surface area contributed by atoms with Crippen molar-refractivity contribution in [1.29, 1.82) is 0 Å². The number of benzene rings is 1. The van der Waals surface area contributed by atoms with Crippen molar-refractivity contribution >= 4 is 5.97 Å². The number of hydrogen-bond acceptors (Lipinski definition) is 3. The van der Waals surface area contributed by atoms with Crippen LogP contribution in [0.3, 0.4) is 0 Å². The molecule has 0 radical (unpaired) electrons. The number of hydrogen-bond donors (Lipinski definition) is 2. The summed E-state index contributed by atoms with van der Waals surface area (Å²) in [5, 5.41) is 12.5. The molecule has 0 bridgehead atoms. The third-order valence-electron chi connectivity index (χ3n) is 4.12. The van der Waals surface area contributed by atoms with Gasteiger partial charge in [-0.25, -0.2) is 0 Å². The smallest absolute Gasteiger partial charge is 0.310 e. The first kappa shape index (κ1) is 16.5. The minimum atomic E-state index is -0.852. The molecule has 4 heteroatoms. The Kier molecular flexibility index (Phi) is 5.17. The van der Waals surface area contributed by atoms with Crippen molar-refractivity contribution in [3.05, 3.63) is 29.8 Å². The van der Waals surface area contributed by atoms with Crippen molar-refractivity contribution in [2.45, 2.75) is 40.2 Å². The quantitative estimate of drug-likeness (QED) is 0.754. The van der Waals surface area contributed by atoms with Gasteiger partial charge in [-0.1, -0.05) is 18.2 Å². The number of aliphatic carboxylic acids is 1. The second kappa shape index (κ2) is 6.27. The first-order valence-electron chi connectivity index (χ1n) is 6.85. The minimum absolute atomic E-state index is 0.504. The van der Waals surface area contributed by atoms with E-state index in [0.29, 0.717) is 13.2 Å². The highest BCUT2D eigenvalue weighted by Crippen LogP contribution is 2.30. The van der Waals surface area contributed by atoms with E-state index in [4.69, 9.17) is 4.74 Å². The van der Waals surface area contributed by atoms with Gasteiger partial charge in [-0.2, -0.15) is 0 Å². The standard InChI is InChI=1S/C16H25NO3/c1-12-8-6-7-9-13(12)20-11-10-17-16(4,5)15(2,3)14(18)19/h6-9,17H,10-11H2,1-5H3,(H,18,19). The van der Waals surface area contributed by atoms with Crippen LogP contribution in [-0.2, 0) is 4.79 Å². The van der Waals surface area contributed by atoms with Crippen LogP contribution in [0.4, 0.5) is 0 Å². The number of carboxylic acids is 1. The lowest BCUT2D eigenvalue weighted by molar-refractivity contribution is -0.151. The summed E-state index contributed by atoms with van der Waals surface area (Å²) in [5.74, 6) is 0.0550. The van der Waals surface area contributed by atoms with Gasteiger partial charge in [0.15, 0.2) is 0 Å². The van der Waals surface area contributed by atoms with Crippen LogP contribution in [0.5, 0.6) is 5.75 Å². The van der Waals surface area contributed by atoms with Crippen LogP contribution in [0.25, 0.3) is 0 Å². The van der Waals surface area contributed by atoms with Crippen molar-refractivity contribution < 1.29 is 14.6 Å². The summed E-state index contributed by atoms with van der Waals surface area (Å²) >= 11 is 0. The van der Waals surface area contributed by atoms with E-state index in [9.17, 15) is 9.90 Å². The van der Waals surface area contributed by atoms with E-state index in [0.717, 1.165) is 11.3 Å². The number of para-hydroxylation sites is 1. The average molecular weight is 279 g/mol. The largest absolute Gasteiger partial charge is 0.492 e. The molecular formula is C16H25NO3. The maximum Gasteiger partial charge on any atom is 0.310 e. The Morgan fingerprint density at radius 2 is 1.85 bits per heavy atom. The zero-order valence-corrected chi connectivity index (χ0v) is 13.0. The lowest BCUT2D eigenvalue weighted by Gasteiger charge is -2.39. The molecular weight excluding hydrogens is 254 g/mol. The third-order valence-corrected chi connectivity index (χ3v) is 4.12. The first-order chi connectivity index (χ1) is 9.18. The lowest BCUT2D eigenvalue weighted by Crippen LogP contribution is -2.55. The number of nitrogens with one attached hydrogen (secondary N) is 1. The molecule has 1 rings (SSSR count). The third kappa shape index (κ3) is 3.73. The van der Waals surface area contributed by atoms with Crippen LogP contribution < -0.4 is 10.1 Å². The summed E-state index contributed by atoms with van der Waals surface area (Å²) in [6, 6.07) is 7.84. The Morgan fingerprint density at radius 3 is 2.40 bits per heavy atom. The van der Waals surface area contributed by atoms with Crippen molar-refractivity contribution in [3.8, 4) is 5.75 Å². The molecule has 1 aromatic carbocycles. The highest BCUT2D eigenvalue weighted by Gasteiger charge is 2.42. The summed E-state index contributed by atoms with van der Waals surface area (Å²) < 4.78 is 5.70. The Morgan fingerprint density at radius 1 is 1.25 bits per heavy atom. The van der Waals surface area contributed by atoms with E-state index in [1.807, 2.05) is 45.0 Å². The molecule has 112 valence electrons. The number of carbonyl (C=O) groups is 1. The van der Waals surface area contributed by atoms with E-state index in [1.54, 1.807) is 13.8 Å². The zero-order chi connectivity index (χ0) is 15.4. The van der Waals surface area contributed by atoms with Crippen LogP contribution in [0, 0.1) is 12.3 Å².